The minimum Gasteiger partial charge on any atom is -0.497 e. The molecule has 19 heavy (non-hydrogen) atoms. The van der Waals surface area contributed by atoms with E-state index in [9.17, 15) is 0 Å². The molecule has 0 amide bonds. The van der Waals surface area contributed by atoms with Crippen LogP contribution in [-0.4, -0.2) is 30.3 Å². The Morgan fingerprint density at radius 2 is 2.21 bits per heavy atom. The molecule has 1 heterocycles. The zero-order chi connectivity index (χ0) is 13.7. The third kappa shape index (κ3) is 3.38. The topological polar surface area (TPSA) is 49.1 Å². The average molecular weight is 277 g/mol. The van der Waals surface area contributed by atoms with Crippen LogP contribution >= 0.6 is 12.2 Å². The van der Waals surface area contributed by atoms with E-state index in [0.29, 0.717) is 5.11 Å². The van der Waals surface area contributed by atoms with Gasteiger partial charge in [0, 0.05) is 30.2 Å². The Morgan fingerprint density at radius 3 is 2.95 bits per heavy atom. The SMILES string of the molecule is CCNC(=S)NCCc1c[nH]c2ccc(OC)cc12. The first-order chi connectivity index (χ1) is 9.24. The Bertz CT molecular complexity index is 565. The Balaban J connectivity index is 2.02. The van der Waals surface area contributed by atoms with Gasteiger partial charge in [-0.2, -0.15) is 0 Å². The van der Waals surface area contributed by atoms with Crippen LogP contribution in [0.4, 0.5) is 0 Å². The van der Waals surface area contributed by atoms with Crippen LogP contribution in [0.1, 0.15) is 12.5 Å². The van der Waals surface area contributed by atoms with Gasteiger partial charge in [-0.1, -0.05) is 0 Å². The van der Waals surface area contributed by atoms with Gasteiger partial charge in [0.15, 0.2) is 5.11 Å². The van der Waals surface area contributed by atoms with E-state index in [1.165, 1.54) is 10.9 Å². The highest BCUT2D eigenvalue weighted by Crippen LogP contribution is 2.23. The maximum absolute atomic E-state index is 5.26. The molecule has 2 rings (SSSR count). The van der Waals surface area contributed by atoms with Crippen molar-refractivity contribution in [3.05, 3.63) is 30.0 Å². The molecule has 0 aliphatic carbocycles. The first kappa shape index (κ1) is 13.7. The standard InChI is InChI=1S/C14H19N3OS/c1-3-15-14(19)16-7-6-10-9-17-13-5-4-11(18-2)8-12(10)13/h4-5,8-9,17H,3,6-7H2,1-2H3,(H2,15,16,19). The van der Waals surface area contributed by atoms with Gasteiger partial charge in [0.1, 0.15) is 5.75 Å². The molecule has 0 bridgehead atoms. The van der Waals surface area contributed by atoms with Gasteiger partial charge in [0.05, 0.1) is 7.11 Å². The van der Waals surface area contributed by atoms with E-state index in [1.54, 1.807) is 7.11 Å². The van der Waals surface area contributed by atoms with Gasteiger partial charge < -0.3 is 20.4 Å². The highest BCUT2D eigenvalue weighted by Gasteiger charge is 2.05. The smallest absolute Gasteiger partial charge is 0.166 e. The molecule has 0 fully saturated rings. The number of fused-ring (bicyclic) bond motifs is 1. The first-order valence-corrected chi connectivity index (χ1v) is 6.81. The van der Waals surface area contributed by atoms with Gasteiger partial charge >= 0.3 is 0 Å². The maximum Gasteiger partial charge on any atom is 0.166 e. The molecule has 1 aromatic heterocycles. The summed E-state index contributed by atoms with van der Waals surface area (Å²) >= 11 is 5.13. The summed E-state index contributed by atoms with van der Waals surface area (Å²) in [6.45, 7) is 3.69. The van der Waals surface area contributed by atoms with Gasteiger partial charge in [-0.3, -0.25) is 0 Å². The second kappa shape index (κ2) is 6.43. The molecular formula is C14H19N3OS. The van der Waals surface area contributed by atoms with Crippen molar-refractivity contribution in [2.24, 2.45) is 0 Å². The zero-order valence-corrected chi connectivity index (χ0v) is 12.1. The Kier molecular flexibility index (Phi) is 4.63. The third-order valence-corrected chi connectivity index (χ3v) is 3.28. The molecule has 0 unspecified atom stereocenters. The minimum absolute atomic E-state index is 0.708. The number of thiocarbonyl (C=S) groups is 1. The fourth-order valence-electron chi connectivity index (χ4n) is 2.03. The molecule has 0 spiro atoms. The zero-order valence-electron chi connectivity index (χ0n) is 11.2. The molecule has 0 saturated carbocycles. The van der Waals surface area contributed by atoms with E-state index in [1.807, 2.05) is 25.3 Å². The first-order valence-electron chi connectivity index (χ1n) is 6.40. The molecule has 102 valence electrons. The number of benzene rings is 1. The lowest BCUT2D eigenvalue weighted by molar-refractivity contribution is 0.415. The summed E-state index contributed by atoms with van der Waals surface area (Å²) in [5.41, 5.74) is 2.39. The normalized spacial score (nSPS) is 10.4. The fraction of sp³-hybridized carbons (Fsp3) is 0.357. The largest absolute Gasteiger partial charge is 0.497 e. The second-order valence-electron chi connectivity index (χ2n) is 4.26. The molecule has 0 aliphatic rings. The van der Waals surface area contributed by atoms with Gasteiger partial charge in [-0.15, -0.1) is 0 Å². The van der Waals surface area contributed by atoms with E-state index in [2.05, 4.69) is 21.7 Å². The van der Waals surface area contributed by atoms with Crippen molar-refractivity contribution in [2.75, 3.05) is 20.2 Å². The summed E-state index contributed by atoms with van der Waals surface area (Å²) in [4.78, 5) is 3.27. The molecule has 0 saturated heterocycles. The van der Waals surface area contributed by atoms with Crippen molar-refractivity contribution in [3.63, 3.8) is 0 Å². The summed E-state index contributed by atoms with van der Waals surface area (Å²) in [6, 6.07) is 6.05. The summed E-state index contributed by atoms with van der Waals surface area (Å²) in [7, 11) is 1.68. The summed E-state index contributed by atoms with van der Waals surface area (Å²) in [5, 5.41) is 8.18. The summed E-state index contributed by atoms with van der Waals surface area (Å²) < 4.78 is 5.26. The fourth-order valence-corrected chi connectivity index (χ4v) is 2.27. The van der Waals surface area contributed by atoms with Gasteiger partial charge in [0.2, 0.25) is 0 Å². The van der Waals surface area contributed by atoms with Crippen molar-refractivity contribution < 1.29 is 4.74 Å². The number of hydrogen-bond donors (Lipinski definition) is 3. The van der Waals surface area contributed by atoms with Crippen LogP contribution in [0.5, 0.6) is 5.75 Å². The molecule has 3 N–H and O–H groups in total. The van der Waals surface area contributed by atoms with Crippen molar-refractivity contribution in [3.8, 4) is 5.75 Å². The predicted octanol–water partition coefficient (Wildman–Crippen LogP) is 2.20. The number of aromatic nitrogens is 1. The van der Waals surface area contributed by atoms with E-state index < -0.39 is 0 Å². The highest BCUT2D eigenvalue weighted by atomic mass is 32.1. The molecule has 0 atom stereocenters. The Hall–Kier alpha value is -1.75. The summed E-state index contributed by atoms with van der Waals surface area (Å²) in [6.07, 6.45) is 2.96. The molecular weight excluding hydrogens is 258 g/mol. The van der Waals surface area contributed by atoms with E-state index in [4.69, 9.17) is 17.0 Å². The molecule has 4 nitrogen and oxygen atoms in total. The number of methoxy groups -OCH3 is 1. The molecule has 0 radical (unpaired) electrons. The van der Waals surface area contributed by atoms with Crippen LogP contribution in [0, 0.1) is 0 Å². The summed E-state index contributed by atoms with van der Waals surface area (Å²) in [5.74, 6) is 0.879. The molecule has 2 aromatic rings. The quantitative estimate of drug-likeness (QED) is 0.733. The van der Waals surface area contributed by atoms with Gasteiger partial charge in [-0.25, -0.2) is 0 Å². The van der Waals surface area contributed by atoms with Crippen molar-refractivity contribution >= 4 is 28.2 Å². The van der Waals surface area contributed by atoms with Gasteiger partial charge in [0.25, 0.3) is 0 Å². The third-order valence-electron chi connectivity index (χ3n) is 2.99. The second-order valence-corrected chi connectivity index (χ2v) is 4.67. The lowest BCUT2D eigenvalue weighted by Crippen LogP contribution is -2.36. The Labute approximate surface area is 118 Å². The number of hydrogen-bond acceptors (Lipinski definition) is 2. The average Bonchev–Trinajstić information content (AvgIpc) is 2.81. The number of aromatic amines is 1. The van der Waals surface area contributed by atoms with Crippen LogP contribution in [0.25, 0.3) is 10.9 Å². The minimum atomic E-state index is 0.708. The van der Waals surface area contributed by atoms with Crippen LogP contribution in [0.3, 0.4) is 0 Å². The lowest BCUT2D eigenvalue weighted by atomic mass is 10.1. The molecule has 0 aliphatic heterocycles. The van der Waals surface area contributed by atoms with Crippen LogP contribution < -0.4 is 15.4 Å². The van der Waals surface area contributed by atoms with E-state index in [-0.39, 0.29) is 0 Å². The van der Waals surface area contributed by atoms with Crippen molar-refractivity contribution in [1.29, 1.82) is 0 Å². The maximum atomic E-state index is 5.26. The van der Waals surface area contributed by atoms with Crippen molar-refractivity contribution in [2.45, 2.75) is 13.3 Å². The van der Waals surface area contributed by atoms with E-state index >= 15 is 0 Å². The van der Waals surface area contributed by atoms with Crippen LogP contribution in [0.2, 0.25) is 0 Å². The number of nitrogens with one attached hydrogen (secondary N) is 3. The number of H-pyrrole nitrogens is 1. The lowest BCUT2D eigenvalue weighted by Gasteiger charge is -2.08. The van der Waals surface area contributed by atoms with Crippen LogP contribution in [-0.2, 0) is 6.42 Å². The predicted molar refractivity (Wildman–Crippen MR) is 82.8 cm³/mol. The molecule has 5 heteroatoms. The monoisotopic (exact) mass is 277 g/mol. The highest BCUT2D eigenvalue weighted by molar-refractivity contribution is 7.80. The number of rotatable bonds is 5. The van der Waals surface area contributed by atoms with E-state index in [0.717, 1.165) is 30.8 Å². The van der Waals surface area contributed by atoms with Gasteiger partial charge in [-0.05, 0) is 49.3 Å². The Morgan fingerprint density at radius 1 is 1.37 bits per heavy atom. The van der Waals surface area contributed by atoms with Crippen molar-refractivity contribution in [1.82, 2.24) is 15.6 Å². The molecule has 1 aromatic carbocycles. The van der Waals surface area contributed by atoms with Crippen LogP contribution in [0.15, 0.2) is 24.4 Å². The number of ether oxygens (including phenoxy) is 1.